The fraction of sp³-hybridized carbons (Fsp3) is 0.222. The first-order valence-electron chi connectivity index (χ1n) is 4.13. The van der Waals surface area contributed by atoms with Gasteiger partial charge in [0.1, 0.15) is 0 Å². The molecule has 0 aliphatic heterocycles. The molecule has 0 atom stereocenters. The fourth-order valence-electron chi connectivity index (χ4n) is 0.930. The molecular formula is C9H8F3OZn. The van der Waals surface area contributed by atoms with Gasteiger partial charge in [-0.3, -0.25) is 0 Å². The fourth-order valence-corrected chi connectivity index (χ4v) is 2.13. The Bertz CT molecular complexity index is 281. The summed E-state index contributed by atoms with van der Waals surface area (Å²) in [7, 11) is 0. The molecule has 0 amide bonds. The number of hydrogen-bond donors (Lipinski definition) is 0. The molecule has 0 bridgehead atoms. The zero-order chi connectivity index (χ0) is 10.6. The van der Waals surface area contributed by atoms with Crippen molar-refractivity contribution in [2.24, 2.45) is 0 Å². The van der Waals surface area contributed by atoms with E-state index in [1.165, 1.54) is 12.1 Å². The number of hydrogen-bond acceptors (Lipinski definition) is 1. The predicted octanol–water partition coefficient (Wildman–Crippen LogP) is 3.33. The van der Waals surface area contributed by atoms with Gasteiger partial charge < -0.3 is 0 Å². The summed E-state index contributed by atoms with van der Waals surface area (Å²) in [5, 5.41) is 0.772. The van der Waals surface area contributed by atoms with E-state index in [1.54, 1.807) is 0 Å². The third-order valence-corrected chi connectivity index (χ3v) is 3.33. The first-order valence-corrected chi connectivity index (χ1v) is 7.44. The van der Waals surface area contributed by atoms with Gasteiger partial charge in [-0.2, -0.15) is 0 Å². The minimum atomic E-state index is -4.27. The molecule has 1 aromatic carbocycles. The van der Waals surface area contributed by atoms with Crippen molar-refractivity contribution in [3.05, 3.63) is 36.8 Å². The summed E-state index contributed by atoms with van der Waals surface area (Å²) < 4.78 is 41.7. The van der Waals surface area contributed by atoms with E-state index in [4.69, 9.17) is 3.56 Å². The van der Waals surface area contributed by atoms with E-state index in [0.29, 0.717) is 5.75 Å². The molecule has 1 rings (SSSR count). The van der Waals surface area contributed by atoms with Crippen molar-refractivity contribution >= 4 is 0 Å². The van der Waals surface area contributed by atoms with Crippen LogP contribution in [0.25, 0.3) is 0 Å². The van der Waals surface area contributed by atoms with Gasteiger partial charge in [-0.15, -0.1) is 0 Å². The zero-order valence-corrected chi connectivity index (χ0v) is 10.4. The maximum absolute atomic E-state index is 12.1. The number of rotatable bonds is 3. The van der Waals surface area contributed by atoms with Crippen molar-refractivity contribution in [3.63, 3.8) is 0 Å². The topological polar surface area (TPSA) is 9.23 Å². The van der Waals surface area contributed by atoms with Crippen LogP contribution in [-0.2, 0) is 23.7 Å². The molecule has 0 aromatic heterocycles. The molecular weight excluding hydrogens is 246 g/mol. The summed E-state index contributed by atoms with van der Waals surface area (Å²) in [6.07, 6.45) is -4.27. The molecule has 0 aliphatic rings. The van der Waals surface area contributed by atoms with Gasteiger partial charge >= 0.3 is 87.9 Å². The molecule has 0 N–H and O–H groups in total. The molecule has 0 saturated carbocycles. The van der Waals surface area contributed by atoms with Crippen LogP contribution in [0.2, 0.25) is 5.02 Å². The van der Waals surface area contributed by atoms with Crippen LogP contribution in [0.3, 0.4) is 0 Å². The predicted molar refractivity (Wildman–Crippen MR) is 42.2 cm³/mol. The Labute approximate surface area is 88.3 Å². The Hall–Kier alpha value is -0.567. The third kappa shape index (κ3) is 3.30. The van der Waals surface area contributed by atoms with Crippen LogP contribution < -0.4 is 3.56 Å². The summed E-state index contributed by atoms with van der Waals surface area (Å²) in [4.78, 5) is 0. The van der Waals surface area contributed by atoms with Gasteiger partial charge in [0, 0.05) is 0 Å². The van der Waals surface area contributed by atoms with Gasteiger partial charge in [-0.25, -0.2) is 0 Å². The molecule has 0 heterocycles. The van der Waals surface area contributed by atoms with Gasteiger partial charge in [0.2, 0.25) is 0 Å². The van der Waals surface area contributed by atoms with Crippen LogP contribution in [0.1, 0.15) is 5.56 Å². The molecule has 73 valence electrons. The van der Waals surface area contributed by atoms with E-state index in [0.717, 1.165) is 17.1 Å². The molecule has 0 saturated heterocycles. The minimum absolute atomic E-state index is 0.515. The van der Waals surface area contributed by atoms with E-state index < -0.39 is 29.2 Å². The van der Waals surface area contributed by atoms with Crippen LogP contribution in [-0.4, -0.2) is 0 Å². The first-order chi connectivity index (χ1) is 6.54. The second-order valence-electron chi connectivity index (χ2n) is 2.72. The van der Waals surface area contributed by atoms with Gasteiger partial charge in [-0.05, 0) is 0 Å². The molecule has 0 unspecified atom stereocenters. The van der Waals surface area contributed by atoms with Gasteiger partial charge in [0.05, 0.1) is 0 Å². The molecule has 1 radical (unpaired) electrons. The molecule has 0 fully saturated rings. The van der Waals surface area contributed by atoms with E-state index in [2.05, 4.69) is 6.92 Å². The van der Waals surface area contributed by atoms with Crippen molar-refractivity contribution in [2.75, 3.05) is 0 Å². The number of halogens is 3. The summed E-state index contributed by atoms with van der Waals surface area (Å²) in [6, 6.07) is 4.76. The molecule has 1 nitrogen and oxygen atoms in total. The Balaban J connectivity index is 2.69. The van der Waals surface area contributed by atoms with Gasteiger partial charge in [0.15, 0.2) is 0 Å². The maximum atomic E-state index is 12.1. The first kappa shape index (κ1) is 11.5. The molecule has 5 heteroatoms. The summed E-state index contributed by atoms with van der Waals surface area (Å²) >= 11 is -1.11. The zero-order valence-electron chi connectivity index (χ0n) is 7.47. The average Bonchev–Trinajstić information content (AvgIpc) is 2.14. The van der Waals surface area contributed by atoms with Crippen LogP contribution in [0.4, 0.5) is 13.2 Å². The van der Waals surface area contributed by atoms with E-state index in [-0.39, 0.29) is 0 Å². The van der Waals surface area contributed by atoms with Gasteiger partial charge in [0.25, 0.3) is 0 Å². The van der Waals surface area contributed by atoms with Crippen LogP contribution >= 0.6 is 0 Å². The van der Waals surface area contributed by atoms with E-state index in [9.17, 15) is 13.2 Å². The van der Waals surface area contributed by atoms with Crippen molar-refractivity contribution in [3.8, 4) is 5.75 Å². The summed E-state index contributed by atoms with van der Waals surface area (Å²) in [6.45, 7) is 3.64. The van der Waals surface area contributed by atoms with Crippen molar-refractivity contribution in [2.45, 2.75) is 11.2 Å². The Kier molecular flexibility index (Phi) is 3.93. The number of alkyl halides is 3. The van der Waals surface area contributed by atoms with Crippen molar-refractivity contribution in [1.29, 1.82) is 0 Å². The van der Waals surface area contributed by atoms with E-state index >= 15 is 0 Å². The standard InChI is InChI=1S/C7H5F3O.C2H4.Zn/c8-7(9,10)5-1-3-6(11)4-2-5;1-2;/h1-4,11H;1-2H2;/q;;+1/p-1. The second-order valence-corrected chi connectivity index (χ2v) is 5.67. The average molecular weight is 255 g/mol. The van der Waals surface area contributed by atoms with Crippen LogP contribution in [0.5, 0.6) is 5.75 Å². The van der Waals surface area contributed by atoms with Gasteiger partial charge in [-0.1, -0.05) is 0 Å². The quantitative estimate of drug-likeness (QED) is 0.752. The monoisotopic (exact) mass is 253 g/mol. The SMILES string of the molecule is [CH2][CH2][Zn][O]c1ccc(C(F)(F)F)cc1. The second kappa shape index (κ2) is 4.78. The summed E-state index contributed by atoms with van der Waals surface area (Å²) in [5.74, 6) is 0.515. The van der Waals surface area contributed by atoms with Crippen LogP contribution in [0, 0.1) is 6.92 Å². The van der Waals surface area contributed by atoms with Crippen LogP contribution in [0.15, 0.2) is 24.3 Å². The van der Waals surface area contributed by atoms with E-state index in [1.807, 2.05) is 0 Å². The Morgan fingerprint density at radius 2 is 1.79 bits per heavy atom. The molecule has 0 aliphatic carbocycles. The normalized spacial score (nSPS) is 10.9. The third-order valence-electron chi connectivity index (χ3n) is 1.59. The van der Waals surface area contributed by atoms with Crippen molar-refractivity contribution in [1.82, 2.24) is 0 Å². The molecule has 14 heavy (non-hydrogen) atoms. The Morgan fingerprint density at radius 1 is 1.21 bits per heavy atom. The molecule has 0 spiro atoms. The Morgan fingerprint density at radius 3 is 2.21 bits per heavy atom. The number of benzene rings is 1. The van der Waals surface area contributed by atoms with Crippen molar-refractivity contribution < 1.29 is 34.2 Å². The summed E-state index contributed by atoms with van der Waals surface area (Å²) in [5.41, 5.74) is -0.646. The molecule has 1 aromatic rings.